The van der Waals surface area contributed by atoms with E-state index in [1.54, 1.807) is 18.2 Å². The van der Waals surface area contributed by atoms with Gasteiger partial charge in [-0.15, -0.1) is 0 Å². The summed E-state index contributed by atoms with van der Waals surface area (Å²) in [6.45, 7) is 1.37. The van der Waals surface area contributed by atoms with E-state index in [1.165, 1.54) is 7.11 Å². The average molecular weight is 525 g/mol. The van der Waals surface area contributed by atoms with Gasteiger partial charge >= 0.3 is 0 Å². The lowest BCUT2D eigenvalue weighted by Crippen LogP contribution is -2.43. The van der Waals surface area contributed by atoms with E-state index in [0.717, 1.165) is 6.20 Å². The van der Waals surface area contributed by atoms with Gasteiger partial charge in [0.25, 0.3) is 0 Å². The van der Waals surface area contributed by atoms with Crippen LogP contribution in [0.5, 0.6) is 11.5 Å². The molecular weight excluding hydrogens is 495 g/mol. The Morgan fingerprint density at radius 1 is 1.05 bits per heavy atom. The van der Waals surface area contributed by atoms with Crippen LogP contribution in [0.1, 0.15) is 37.4 Å². The van der Waals surface area contributed by atoms with Crippen LogP contribution < -0.4 is 9.47 Å². The minimum atomic E-state index is -1.59. The number of nitrogens with zero attached hydrogens (tertiary/aromatic N) is 2. The fourth-order valence-electron chi connectivity index (χ4n) is 4.87. The maximum absolute atomic E-state index is 15.4. The van der Waals surface area contributed by atoms with E-state index in [-0.39, 0.29) is 25.2 Å². The molecule has 1 N–H and O–H groups in total. The SMILES string of the molecule is COc1ccc2ncc(F)c([C@H](F)CCC3(CO)CCN(CCOc4c(F)cc(F)cc4F)CC3)c2c1. The third kappa shape index (κ3) is 6.13. The molecule has 0 bridgehead atoms. The normalized spacial score (nSPS) is 16.6. The maximum atomic E-state index is 15.4. The number of aliphatic hydroxyl groups is 1. The molecule has 1 saturated heterocycles. The lowest BCUT2D eigenvalue weighted by atomic mass is 9.74. The second kappa shape index (κ2) is 11.6. The van der Waals surface area contributed by atoms with Gasteiger partial charge < -0.3 is 14.6 Å². The first-order valence-corrected chi connectivity index (χ1v) is 12.1. The molecule has 0 unspecified atom stereocenters. The number of benzene rings is 2. The molecule has 4 rings (SSSR count). The lowest BCUT2D eigenvalue weighted by Gasteiger charge is -2.41. The Kier molecular flexibility index (Phi) is 8.49. The van der Waals surface area contributed by atoms with Gasteiger partial charge in [-0.3, -0.25) is 9.88 Å². The molecule has 1 aliphatic heterocycles. The highest BCUT2D eigenvalue weighted by molar-refractivity contribution is 5.84. The highest BCUT2D eigenvalue weighted by Crippen LogP contribution is 2.40. The van der Waals surface area contributed by atoms with Gasteiger partial charge in [0, 0.05) is 36.2 Å². The molecule has 0 aliphatic carbocycles. The summed E-state index contributed by atoms with van der Waals surface area (Å²) in [5.74, 6) is -4.10. The largest absolute Gasteiger partial charge is 0.497 e. The average Bonchev–Trinajstić information content (AvgIpc) is 2.89. The molecule has 1 aliphatic rings. The molecule has 0 spiro atoms. The van der Waals surface area contributed by atoms with Crippen molar-refractivity contribution >= 4 is 10.9 Å². The number of fused-ring (bicyclic) bond motifs is 1. The number of likely N-dealkylation sites (tertiary alicyclic amines) is 1. The van der Waals surface area contributed by atoms with Crippen molar-refractivity contribution in [1.29, 1.82) is 0 Å². The molecular formula is C27H29F5N2O3. The Bertz CT molecular complexity index is 1210. The van der Waals surface area contributed by atoms with Crippen molar-refractivity contribution in [2.45, 2.75) is 31.9 Å². The van der Waals surface area contributed by atoms with Crippen molar-refractivity contribution in [2.24, 2.45) is 5.41 Å². The zero-order valence-corrected chi connectivity index (χ0v) is 20.5. The maximum Gasteiger partial charge on any atom is 0.190 e. The van der Waals surface area contributed by atoms with E-state index in [0.29, 0.717) is 67.7 Å². The van der Waals surface area contributed by atoms with Crippen molar-refractivity contribution in [3.63, 3.8) is 0 Å². The Balaban J connectivity index is 1.33. The van der Waals surface area contributed by atoms with Crippen LogP contribution in [-0.4, -0.2) is 54.9 Å². The third-order valence-corrected chi connectivity index (χ3v) is 7.18. The Morgan fingerprint density at radius 3 is 2.41 bits per heavy atom. The summed E-state index contributed by atoms with van der Waals surface area (Å²) in [4.78, 5) is 6.05. The molecule has 2 heterocycles. The predicted molar refractivity (Wildman–Crippen MR) is 128 cm³/mol. The van der Waals surface area contributed by atoms with Gasteiger partial charge in [-0.25, -0.2) is 22.0 Å². The number of pyridine rings is 1. The Labute approximate surface area is 211 Å². The van der Waals surface area contributed by atoms with Crippen LogP contribution in [-0.2, 0) is 0 Å². The first-order chi connectivity index (χ1) is 17.7. The molecule has 0 amide bonds. The van der Waals surface area contributed by atoms with Crippen LogP contribution >= 0.6 is 0 Å². The standard InChI is InChI=1S/C27H29F5N2O3/c1-36-18-2-3-24-19(14-18)25(23(32)15-33-24)20(29)4-5-27(16-35)6-8-34(9-7-27)10-11-37-26-21(30)12-17(28)13-22(26)31/h2-3,12-15,20,35H,4-11,16H2,1H3/t20-/m1/s1. The Hall–Kier alpha value is -2.98. The monoisotopic (exact) mass is 524 g/mol. The van der Waals surface area contributed by atoms with Gasteiger partial charge in [0.05, 0.1) is 18.8 Å². The molecule has 37 heavy (non-hydrogen) atoms. The molecule has 0 saturated carbocycles. The summed E-state index contributed by atoms with van der Waals surface area (Å²) >= 11 is 0. The smallest absolute Gasteiger partial charge is 0.190 e. The predicted octanol–water partition coefficient (Wildman–Crippen LogP) is 5.74. The summed E-state index contributed by atoms with van der Waals surface area (Å²) in [6.07, 6.45) is 0.955. The van der Waals surface area contributed by atoms with Crippen molar-refractivity contribution in [3.8, 4) is 11.5 Å². The van der Waals surface area contributed by atoms with E-state index < -0.39 is 40.6 Å². The van der Waals surface area contributed by atoms with Crippen LogP contribution in [0.15, 0.2) is 36.5 Å². The van der Waals surface area contributed by atoms with Crippen LogP contribution in [0.2, 0.25) is 0 Å². The molecule has 1 aromatic heterocycles. The number of halogens is 5. The topological polar surface area (TPSA) is 54.8 Å². The number of hydrogen-bond donors (Lipinski definition) is 1. The third-order valence-electron chi connectivity index (χ3n) is 7.18. The minimum Gasteiger partial charge on any atom is -0.497 e. The summed E-state index contributed by atoms with van der Waals surface area (Å²) in [5, 5.41) is 10.5. The fraction of sp³-hybridized carbons (Fsp3) is 0.444. The van der Waals surface area contributed by atoms with E-state index >= 15 is 4.39 Å². The number of ether oxygens (including phenoxy) is 2. The first kappa shape index (κ1) is 27.1. The highest BCUT2D eigenvalue weighted by atomic mass is 19.2. The zero-order valence-electron chi connectivity index (χ0n) is 20.5. The fourth-order valence-corrected chi connectivity index (χ4v) is 4.87. The summed E-state index contributed by atoms with van der Waals surface area (Å²) in [5.41, 5.74) is -0.118. The minimum absolute atomic E-state index is 0.00396. The molecule has 200 valence electrons. The molecule has 1 atom stereocenters. The van der Waals surface area contributed by atoms with Crippen molar-refractivity contribution in [2.75, 3.05) is 40.0 Å². The van der Waals surface area contributed by atoms with Gasteiger partial charge in [-0.05, 0) is 62.4 Å². The number of rotatable bonds is 10. The summed E-state index contributed by atoms with van der Waals surface area (Å²) < 4.78 is 80.9. The molecule has 2 aromatic carbocycles. The zero-order chi connectivity index (χ0) is 26.6. The number of aliphatic hydroxyl groups excluding tert-OH is 1. The number of methoxy groups -OCH3 is 1. The van der Waals surface area contributed by atoms with Gasteiger partial charge in [-0.2, -0.15) is 0 Å². The second-order valence-corrected chi connectivity index (χ2v) is 9.46. The molecule has 3 aromatic rings. The summed E-state index contributed by atoms with van der Waals surface area (Å²) in [6, 6.07) is 6.02. The van der Waals surface area contributed by atoms with Crippen LogP contribution in [0.25, 0.3) is 10.9 Å². The van der Waals surface area contributed by atoms with E-state index in [1.807, 2.05) is 4.90 Å². The molecule has 10 heteroatoms. The van der Waals surface area contributed by atoms with Crippen molar-refractivity contribution in [3.05, 3.63) is 65.4 Å². The van der Waals surface area contributed by atoms with E-state index in [4.69, 9.17) is 9.47 Å². The first-order valence-electron chi connectivity index (χ1n) is 12.1. The van der Waals surface area contributed by atoms with Gasteiger partial charge in [0.15, 0.2) is 17.4 Å². The summed E-state index contributed by atoms with van der Waals surface area (Å²) in [7, 11) is 1.48. The lowest BCUT2D eigenvalue weighted by molar-refractivity contribution is 0.0262. The number of hydrogen-bond acceptors (Lipinski definition) is 5. The molecule has 5 nitrogen and oxygen atoms in total. The second-order valence-electron chi connectivity index (χ2n) is 9.46. The highest BCUT2D eigenvalue weighted by Gasteiger charge is 2.35. The quantitative estimate of drug-likeness (QED) is 0.343. The van der Waals surface area contributed by atoms with E-state index in [2.05, 4.69) is 4.98 Å². The van der Waals surface area contributed by atoms with E-state index in [9.17, 15) is 22.7 Å². The van der Waals surface area contributed by atoms with Crippen LogP contribution in [0, 0.1) is 28.7 Å². The van der Waals surface area contributed by atoms with Crippen LogP contribution in [0.4, 0.5) is 22.0 Å². The number of piperidine rings is 1. The van der Waals surface area contributed by atoms with Gasteiger partial charge in [-0.1, -0.05) is 0 Å². The Morgan fingerprint density at radius 2 is 1.76 bits per heavy atom. The number of alkyl halides is 1. The van der Waals surface area contributed by atoms with Crippen molar-refractivity contribution < 1.29 is 36.5 Å². The van der Waals surface area contributed by atoms with Gasteiger partial charge in [0.2, 0.25) is 0 Å². The molecule has 1 fully saturated rings. The van der Waals surface area contributed by atoms with Crippen LogP contribution in [0.3, 0.4) is 0 Å². The van der Waals surface area contributed by atoms with Crippen molar-refractivity contribution in [1.82, 2.24) is 9.88 Å². The molecule has 0 radical (unpaired) electrons. The number of aromatic nitrogens is 1. The van der Waals surface area contributed by atoms with Gasteiger partial charge in [0.1, 0.15) is 30.2 Å².